The Hall–Kier alpha value is -3.11. The van der Waals surface area contributed by atoms with E-state index in [2.05, 4.69) is 23.1 Å². The average Bonchev–Trinajstić information content (AvgIpc) is 2.82. The van der Waals surface area contributed by atoms with Crippen LogP contribution in [0.5, 0.6) is 5.75 Å². The first-order chi connectivity index (χ1) is 15.3. The van der Waals surface area contributed by atoms with Crippen LogP contribution in [0.15, 0.2) is 53.4 Å². The predicted molar refractivity (Wildman–Crippen MR) is 121 cm³/mol. The topological polar surface area (TPSA) is 117 Å². The van der Waals surface area contributed by atoms with Crippen LogP contribution in [0.4, 0.5) is 5.69 Å². The first-order valence-electron chi connectivity index (χ1n) is 10.4. The van der Waals surface area contributed by atoms with Gasteiger partial charge in [0.2, 0.25) is 10.0 Å². The van der Waals surface area contributed by atoms with Crippen LogP contribution < -0.4 is 20.9 Å². The number of carbonyl (C=O) groups is 2. The molecule has 0 aliphatic carbocycles. The predicted octanol–water partition coefficient (Wildman–Crippen LogP) is 1.99. The zero-order valence-corrected chi connectivity index (χ0v) is 18.9. The second-order valence-electron chi connectivity index (χ2n) is 7.70. The molecule has 1 aliphatic rings. The Bertz CT molecular complexity index is 1030. The normalized spacial score (nSPS) is 15.1. The lowest BCUT2D eigenvalue weighted by molar-refractivity contribution is -0.120. The molecule has 0 radical (unpaired) electrons. The maximum absolute atomic E-state index is 12.8. The van der Waals surface area contributed by atoms with E-state index in [4.69, 9.17) is 4.74 Å². The number of ether oxygens (including phenoxy) is 1. The van der Waals surface area contributed by atoms with Gasteiger partial charge in [-0.3, -0.25) is 20.4 Å². The first kappa shape index (κ1) is 23.6. The minimum absolute atomic E-state index is 0.0434. The van der Waals surface area contributed by atoms with E-state index in [9.17, 15) is 18.0 Å². The molecule has 0 spiro atoms. The van der Waals surface area contributed by atoms with Gasteiger partial charge in [0.15, 0.2) is 0 Å². The molecule has 0 atom stereocenters. The van der Waals surface area contributed by atoms with Crippen LogP contribution in [-0.2, 0) is 14.8 Å². The van der Waals surface area contributed by atoms with Gasteiger partial charge in [-0.1, -0.05) is 6.92 Å². The molecule has 2 aromatic carbocycles. The van der Waals surface area contributed by atoms with Crippen molar-refractivity contribution in [2.45, 2.75) is 24.7 Å². The number of benzene rings is 2. The molecular weight excluding hydrogens is 432 g/mol. The summed E-state index contributed by atoms with van der Waals surface area (Å²) in [6, 6.07) is 12.7. The number of carbonyl (C=O) groups excluding carboxylic acids is 2. The Kier molecular flexibility index (Phi) is 7.70. The number of sulfonamides is 1. The summed E-state index contributed by atoms with van der Waals surface area (Å²) in [6.07, 6.45) is 1.68. The molecule has 0 unspecified atom stereocenters. The Labute approximate surface area is 188 Å². The van der Waals surface area contributed by atoms with Gasteiger partial charge in [-0.2, -0.15) is 4.31 Å². The number of piperidine rings is 1. The van der Waals surface area contributed by atoms with Crippen molar-refractivity contribution >= 4 is 27.5 Å². The molecule has 3 N–H and O–H groups in total. The molecule has 1 saturated heterocycles. The summed E-state index contributed by atoms with van der Waals surface area (Å²) in [4.78, 5) is 24.4. The molecule has 10 heteroatoms. The molecular formula is C22H28N4O5S. The standard InChI is InChI=1S/C22H28N4O5S/c1-16-11-13-26(14-12-16)32(29,30)20-9-3-17(4-10-20)22(28)25-24-21(27)15-23-18-5-7-19(31-2)8-6-18/h3-10,16,23H,11-15H2,1-2H3,(H,24,27)(H,25,28). The number of nitrogens with zero attached hydrogens (tertiary/aromatic N) is 1. The number of methoxy groups -OCH3 is 1. The quantitative estimate of drug-likeness (QED) is 0.544. The monoisotopic (exact) mass is 460 g/mol. The summed E-state index contributed by atoms with van der Waals surface area (Å²) in [5, 5.41) is 2.93. The maximum Gasteiger partial charge on any atom is 0.269 e. The summed E-state index contributed by atoms with van der Waals surface area (Å²) >= 11 is 0. The van der Waals surface area contributed by atoms with E-state index in [-0.39, 0.29) is 17.0 Å². The molecule has 9 nitrogen and oxygen atoms in total. The molecule has 32 heavy (non-hydrogen) atoms. The molecule has 1 fully saturated rings. The van der Waals surface area contributed by atoms with Crippen molar-refractivity contribution in [2.75, 3.05) is 32.1 Å². The minimum Gasteiger partial charge on any atom is -0.497 e. The van der Waals surface area contributed by atoms with Crippen LogP contribution in [0.1, 0.15) is 30.1 Å². The molecule has 1 heterocycles. The van der Waals surface area contributed by atoms with Crippen molar-refractivity contribution in [3.63, 3.8) is 0 Å². The molecule has 0 bridgehead atoms. The summed E-state index contributed by atoms with van der Waals surface area (Å²) in [5.41, 5.74) is 5.61. The lowest BCUT2D eigenvalue weighted by Gasteiger charge is -2.29. The van der Waals surface area contributed by atoms with E-state index >= 15 is 0 Å². The highest BCUT2D eigenvalue weighted by Gasteiger charge is 2.28. The number of nitrogens with one attached hydrogen (secondary N) is 3. The molecule has 0 aromatic heterocycles. The zero-order valence-electron chi connectivity index (χ0n) is 18.1. The zero-order chi connectivity index (χ0) is 23.1. The molecule has 0 saturated carbocycles. The summed E-state index contributed by atoms with van der Waals surface area (Å²) in [7, 11) is -2.01. The molecule has 3 rings (SSSR count). The largest absolute Gasteiger partial charge is 0.497 e. The number of anilines is 1. The van der Waals surface area contributed by atoms with E-state index in [0.717, 1.165) is 18.5 Å². The van der Waals surface area contributed by atoms with Crippen molar-refractivity contribution < 1.29 is 22.7 Å². The Morgan fingerprint density at radius 1 is 1.00 bits per heavy atom. The van der Waals surface area contributed by atoms with Gasteiger partial charge in [-0.25, -0.2) is 8.42 Å². The number of hydrogen-bond donors (Lipinski definition) is 3. The molecule has 2 amide bonds. The number of hydrogen-bond acceptors (Lipinski definition) is 6. The van der Waals surface area contributed by atoms with Crippen LogP contribution in [0, 0.1) is 5.92 Å². The molecule has 1 aliphatic heterocycles. The van der Waals surface area contributed by atoms with Gasteiger partial charge in [0.25, 0.3) is 11.8 Å². The minimum atomic E-state index is -3.58. The second-order valence-corrected chi connectivity index (χ2v) is 9.63. The second kappa shape index (κ2) is 10.5. The number of amides is 2. The lowest BCUT2D eigenvalue weighted by atomic mass is 10.0. The van der Waals surface area contributed by atoms with Gasteiger partial charge < -0.3 is 10.1 Å². The SMILES string of the molecule is COc1ccc(NCC(=O)NNC(=O)c2ccc(S(=O)(=O)N3CCC(C)CC3)cc2)cc1. The van der Waals surface area contributed by atoms with Crippen LogP contribution >= 0.6 is 0 Å². The van der Waals surface area contributed by atoms with Crippen LogP contribution in [0.25, 0.3) is 0 Å². The van der Waals surface area contributed by atoms with Gasteiger partial charge in [0.1, 0.15) is 5.75 Å². The Morgan fingerprint density at radius 2 is 1.62 bits per heavy atom. The van der Waals surface area contributed by atoms with Crippen molar-refractivity contribution in [3.8, 4) is 5.75 Å². The van der Waals surface area contributed by atoms with Crippen LogP contribution in [0.2, 0.25) is 0 Å². The fourth-order valence-electron chi connectivity index (χ4n) is 3.29. The third-order valence-corrected chi connectivity index (χ3v) is 7.27. The van der Waals surface area contributed by atoms with E-state index in [0.29, 0.717) is 24.8 Å². The third kappa shape index (κ3) is 5.98. The van der Waals surface area contributed by atoms with Gasteiger partial charge in [-0.05, 0) is 67.3 Å². The van der Waals surface area contributed by atoms with Crippen LogP contribution in [0.3, 0.4) is 0 Å². The summed E-state index contributed by atoms with van der Waals surface area (Å²) in [5.74, 6) is 0.247. The maximum atomic E-state index is 12.8. The van der Waals surface area contributed by atoms with Crippen molar-refractivity contribution in [3.05, 3.63) is 54.1 Å². The van der Waals surface area contributed by atoms with Crippen molar-refractivity contribution in [1.82, 2.24) is 15.2 Å². The molecule has 2 aromatic rings. The van der Waals surface area contributed by atoms with Crippen molar-refractivity contribution in [2.24, 2.45) is 5.92 Å². The van der Waals surface area contributed by atoms with Gasteiger partial charge >= 0.3 is 0 Å². The smallest absolute Gasteiger partial charge is 0.269 e. The Balaban J connectivity index is 1.49. The Morgan fingerprint density at radius 3 is 2.22 bits per heavy atom. The average molecular weight is 461 g/mol. The van der Waals surface area contributed by atoms with Gasteiger partial charge in [0.05, 0.1) is 18.6 Å². The fraction of sp³-hybridized carbons (Fsp3) is 0.364. The summed E-state index contributed by atoms with van der Waals surface area (Å²) < 4.78 is 32.1. The van der Waals surface area contributed by atoms with Gasteiger partial charge in [0, 0.05) is 24.3 Å². The highest BCUT2D eigenvalue weighted by Crippen LogP contribution is 2.23. The fourth-order valence-corrected chi connectivity index (χ4v) is 4.76. The highest BCUT2D eigenvalue weighted by atomic mass is 32.2. The number of hydrazine groups is 1. The summed E-state index contributed by atoms with van der Waals surface area (Å²) in [6.45, 7) is 3.08. The number of rotatable bonds is 7. The van der Waals surface area contributed by atoms with Crippen molar-refractivity contribution in [1.29, 1.82) is 0 Å². The van der Waals surface area contributed by atoms with Gasteiger partial charge in [-0.15, -0.1) is 0 Å². The highest BCUT2D eigenvalue weighted by molar-refractivity contribution is 7.89. The van der Waals surface area contributed by atoms with E-state index in [1.807, 2.05) is 0 Å². The third-order valence-electron chi connectivity index (χ3n) is 5.36. The first-order valence-corrected chi connectivity index (χ1v) is 11.8. The van der Waals surface area contributed by atoms with E-state index in [1.165, 1.54) is 28.6 Å². The lowest BCUT2D eigenvalue weighted by Crippen LogP contribution is -2.44. The van der Waals surface area contributed by atoms with Crippen LogP contribution in [-0.4, -0.2) is 51.3 Å². The van der Waals surface area contributed by atoms with E-state index < -0.39 is 21.8 Å². The molecule has 172 valence electrons. The van der Waals surface area contributed by atoms with E-state index in [1.54, 1.807) is 31.4 Å².